The van der Waals surface area contributed by atoms with Crippen LogP contribution in [0.2, 0.25) is 0 Å². The lowest BCUT2D eigenvalue weighted by molar-refractivity contribution is 0.107. The van der Waals surface area contributed by atoms with Crippen LogP contribution in [-0.2, 0) is 6.54 Å². The van der Waals surface area contributed by atoms with E-state index >= 15 is 0 Å². The van der Waals surface area contributed by atoms with Gasteiger partial charge in [-0.05, 0) is 30.9 Å². The number of halogens is 3. The molecule has 4 fully saturated rings. The van der Waals surface area contributed by atoms with E-state index in [1.54, 1.807) is 6.20 Å². The molecule has 2 aromatic rings. The van der Waals surface area contributed by atoms with Gasteiger partial charge in [-0.15, -0.1) is 0 Å². The second-order valence-corrected chi connectivity index (χ2v) is 7.74. The Bertz CT molecular complexity index is 825. The van der Waals surface area contributed by atoms with Crippen molar-refractivity contribution in [3.8, 4) is 0 Å². The first-order chi connectivity index (χ1) is 13.1. The molecule has 2 unspecified atom stereocenters. The van der Waals surface area contributed by atoms with Crippen molar-refractivity contribution in [3.05, 3.63) is 47.4 Å². The van der Waals surface area contributed by atoms with Gasteiger partial charge in [0, 0.05) is 49.9 Å². The molecule has 5 nitrogen and oxygen atoms in total. The molecule has 0 radical (unpaired) electrons. The van der Waals surface area contributed by atoms with E-state index in [1.807, 2.05) is 0 Å². The van der Waals surface area contributed by atoms with Gasteiger partial charge in [-0.2, -0.15) is 0 Å². The van der Waals surface area contributed by atoms with Crippen LogP contribution in [0.25, 0.3) is 0 Å². The average molecular weight is 375 g/mol. The van der Waals surface area contributed by atoms with E-state index < -0.39 is 6.43 Å². The Morgan fingerprint density at radius 1 is 1.07 bits per heavy atom. The van der Waals surface area contributed by atoms with Crippen LogP contribution in [0, 0.1) is 5.82 Å². The molecule has 0 aromatic carbocycles. The topological polar surface area (TPSA) is 45.2 Å². The van der Waals surface area contributed by atoms with Crippen LogP contribution in [0.3, 0.4) is 0 Å². The van der Waals surface area contributed by atoms with Gasteiger partial charge in [0.25, 0.3) is 6.43 Å². The maximum absolute atomic E-state index is 13.3. The summed E-state index contributed by atoms with van der Waals surface area (Å²) in [6.45, 7) is 2.25. The van der Waals surface area contributed by atoms with Gasteiger partial charge in [0.15, 0.2) is 0 Å². The minimum Gasteiger partial charge on any atom is -0.348 e. The summed E-state index contributed by atoms with van der Waals surface area (Å²) in [6, 6.07) is 3.45. The summed E-state index contributed by atoms with van der Waals surface area (Å²) < 4.78 is 39.9. The van der Waals surface area contributed by atoms with Gasteiger partial charge in [-0.25, -0.2) is 23.1 Å². The highest BCUT2D eigenvalue weighted by Gasteiger charge is 2.45. The third-order valence-corrected chi connectivity index (χ3v) is 5.62. The minimum atomic E-state index is -2.58. The van der Waals surface area contributed by atoms with E-state index in [9.17, 15) is 13.2 Å². The quantitative estimate of drug-likeness (QED) is 0.803. The van der Waals surface area contributed by atoms with Crippen molar-refractivity contribution in [2.75, 3.05) is 18.0 Å². The van der Waals surface area contributed by atoms with Crippen molar-refractivity contribution in [2.24, 2.45) is 0 Å². The molecule has 8 heteroatoms. The second-order valence-electron chi connectivity index (χ2n) is 7.74. The standard InChI is InChI=1S/C19H20F3N5/c20-13-3-11(6-23-7-13)8-26-9-14-4-15(10-26)27(14)17-5-16(18(21)22)24-19(25-17)12-1-2-12/h3,5-7,12,14-15,18H,1-2,4,8-10H2. The summed E-state index contributed by atoms with van der Waals surface area (Å²) in [5, 5.41) is 0. The van der Waals surface area contributed by atoms with E-state index in [0.717, 1.165) is 37.9 Å². The monoisotopic (exact) mass is 375 g/mol. The molecule has 0 N–H and O–H groups in total. The van der Waals surface area contributed by atoms with Crippen molar-refractivity contribution in [2.45, 2.75) is 50.2 Å². The van der Waals surface area contributed by atoms with E-state index in [1.165, 1.54) is 18.3 Å². The Labute approximate surface area is 155 Å². The van der Waals surface area contributed by atoms with Gasteiger partial charge in [0.1, 0.15) is 23.2 Å². The number of rotatable bonds is 5. The fraction of sp³-hybridized carbons (Fsp3) is 0.526. The first-order valence-corrected chi connectivity index (χ1v) is 9.34. The van der Waals surface area contributed by atoms with Gasteiger partial charge < -0.3 is 4.90 Å². The van der Waals surface area contributed by atoms with Crippen LogP contribution in [0.4, 0.5) is 19.0 Å². The number of hydrogen-bond donors (Lipinski definition) is 0. The lowest BCUT2D eigenvalue weighted by Gasteiger charge is -2.57. The Kier molecular flexibility index (Phi) is 4.03. The molecular formula is C19H20F3N5. The molecule has 6 rings (SSSR count). The predicted octanol–water partition coefficient (Wildman–Crippen LogP) is 3.29. The molecule has 2 aromatic heterocycles. The number of fused-ring (bicyclic) bond motifs is 2. The minimum absolute atomic E-state index is 0.172. The molecule has 1 aliphatic carbocycles. The molecule has 4 aliphatic rings. The number of alkyl halides is 2. The third kappa shape index (κ3) is 3.26. The maximum atomic E-state index is 13.3. The van der Waals surface area contributed by atoms with Crippen molar-refractivity contribution in [1.29, 1.82) is 0 Å². The number of anilines is 1. The van der Waals surface area contributed by atoms with Crippen LogP contribution < -0.4 is 4.90 Å². The number of piperazine rings is 1. The van der Waals surface area contributed by atoms with Crippen molar-refractivity contribution in [3.63, 3.8) is 0 Å². The lowest BCUT2D eigenvalue weighted by Crippen LogP contribution is -2.69. The Morgan fingerprint density at radius 3 is 2.52 bits per heavy atom. The zero-order valence-corrected chi connectivity index (χ0v) is 14.7. The van der Waals surface area contributed by atoms with Crippen LogP contribution in [0.5, 0.6) is 0 Å². The summed E-state index contributed by atoms with van der Waals surface area (Å²) >= 11 is 0. The average Bonchev–Trinajstić information content (AvgIpc) is 3.46. The largest absolute Gasteiger partial charge is 0.348 e. The summed E-state index contributed by atoms with van der Waals surface area (Å²) in [7, 11) is 0. The van der Waals surface area contributed by atoms with E-state index in [0.29, 0.717) is 18.2 Å². The molecule has 3 aliphatic heterocycles. The zero-order valence-electron chi connectivity index (χ0n) is 14.7. The van der Waals surface area contributed by atoms with Gasteiger partial charge in [-0.1, -0.05) is 0 Å². The zero-order chi connectivity index (χ0) is 18.5. The van der Waals surface area contributed by atoms with Crippen molar-refractivity contribution < 1.29 is 13.2 Å². The van der Waals surface area contributed by atoms with Gasteiger partial charge >= 0.3 is 0 Å². The number of pyridine rings is 1. The van der Waals surface area contributed by atoms with Gasteiger partial charge in [-0.3, -0.25) is 9.88 Å². The summed E-state index contributed by atoms with van der Waals surface area (Å²) in [5.74, 6) is 1.11. The van der Waals surface area contributed by atoms with Crippen LogP contribution in [0.1, 0.15) is 48.7 Å². The highest BCUT2D eigenvalue weighted by molar-refractivity contribution is 5.48. The lowest BCUT2D eigenvalue weighted by atomic mass is 9.87. The summed E-state index contributed by atoms with van der Waals surface area (Å²) in [5.41, 5.74) is 0.676. The summed E-state index contributed by atoms with van der Waals surface area (Å²) in [6.07, 6.45) is 3.30. The molecule has 1 saturated carbocycles. The van der Waals surface area contributed by atoms with Crippen LogP contribution in [0.15, 0.2) is 24.5 Å². The Hall–Kier alpha value is -2.22. The maximum Gasteiger partial charge on any atom is 0.280 e. The normalized spacial score (nSPS) is 25.0. The van der Waals surface area contributed by atoms with E-state index in [4.69, 9.17) is 0 Å². The fourth-order valence-electron chi connectivity index (χ4n) is 4.24. The van der Waals surface area contributed by atoms with Crippen molar-refractivity contribution >= 4 is 5.82 Å². The molecule has 2 atom stereocenters. The number of piperidine rings is 1. The third-order valence-electron chi connectivity index (χ3n) is 5.62. The Balaban J connectivity index is 1.32. The molecule has 0 spiro atoms. The molecule has 27 heavy (non-hydrogen) atoms. The SMILES string of the molecule is Fc1cncc(CN2CC3CC(C2)N3c2cc(C(F)F)nc(C3CC3)n2)c1. The van der Waals surface area contributed by atoms with Gasteiger partial charge in [0.05, 0.1) is 6.20 Å². The molecule has 142 valence electrons. The highest BCUT2D eigenvalue weighted by Crippen LogP contribution is 2.42. The molecule has 0 amide bonds. The number of hydrogen-bond acceptors (Lipinski definition) is 5. The molecule has 5 heterocycles. The van der Waals surface area contributed by atoms with Crippen molar-refractivity contribution in [1.82, 2.24) is 19.9 Å². The summed E-state index contributed by atoms with van der Waals surface area (Å²) in [4.78, 5) is 17.0. The number of nitrogens with zero attached hydrogens (tertiary/aromatic N) is 5. The molecule has 2 bridgehead atoms. The Morgan fingerprint density at radius 2 is 1.85 bits per heavy atom. The first-order valence-electron chi connectivity index (χ1n) is 9.34. The van der Waals surface area contributed by atoms with E-state index in [2.05, 4.69) is 24.8 Å². The van der Waals surface area contributed by atoms with Crippen LogP contribution >= 0.6 is 0 Å². The van der Waals surface area contributed by atoms with Gasteiger partial charge in [0.2, 0.25) is 0 Å². The fourth-order valence-corrected chi connectivity index (χ4v) is 4.24. The molecular weight excluding hydrogens is 355 g/mol. The smallest absolute Gasteiger partial charge is 0.280 e. The van der Waals surface area contributed by atoms with E-state index in [-0.39, 0.29) is 29.5 Å². The molecule has 3 saturated heterocycles. The van der Waals surface area contributed by atoms with Crippen LogP contribution in [-0.4, -0.2) is 45.0 Å². The second kappa shape index (κ2) is 6.44. The number of aromatic nitrogens is 3. The first kappa shape index (κ1) is 16.9. The predicted molar refractivity (Wildman–Crippen MR) is 93.1 cm³/mol. The highest BCUT2D eigenvalue weighted by atomic mass is 19.3.